The van der Waals surface area contributed by atoms with E-state index in [4.69, 9.17) is 14.2 Å². The van der Waals surface area contributed by atoms with E-state index < -0.39 is 6.10 Å². The molecule has 0 aromatic rings. The molecule has 1 atom stereocenters. The first-order valence-corrected chi connectivity index (χ1v) is 32.9. The van der Waals surface area contributed by atoms with E-state index in [-0.39, 0.29) is 31.1 Å². The predicted molar refractivity (Wildman–Crippen MR) is 339 cm³/mol. The highest BCUT2D eigenvalue weighted by molar-refractivity contribution is 5.71. The van der Waals surface area contributed by atoms with Gasteiger partial charge in [0.1, 0.15) is 13.2 Å². The fourth-order valence-corrected chi connectivity index (χ4v) is 9.17. The maximum absolute atomic E-state index is 12.9. The lowest BCUT2D eigenvalue weighted by Crippen LogP contribution is -2.30. The van der Waals surface area contributed by atoms with Gasteiger partial charge in [-0.05, 0) is 103 Å². The smallest absolute Gasteiger partial charge is 0.306 e. The van der Waals surface area contributed by atoms with Crippen LogP contribution in [0.3, 0.4) is 0 Å². The fraction of sp³-hybridized carbons (Fsp3) is 0.708. The number of carbonyl (C=O) groups is 3. The van der Waals surface area contributed by atoms with Crippen LogP contribution in [0.1, 0.15) is 310 Å². The summed E-state index contributed by atoms with van der Waals surface area (Å²) in [6, 6.07) is 0. The molecule has 0 radical (unpaired) electrons. The van der Waals surface area contributed by atoms with Crippen LogP contribution in [0.2, 0.25) is 0 Å². The molecule has 6 heteroatoms. The Kier molecular flexibility index (Phi) is 62.3. The van der Waals surface area contributed by atoms with Crippen LogP contribution < -0.4 is 0 Å². The molecule has 0 aromatic carbocycles. The van der Waals surface area contributed by atoms with Gasteiger partial charge in [0.15, 0.2) is 6.10 Å². The summed E-state index contributed by atoms with van der Waals surface area (Å²) in [5, 5.41) is 0. The molecular formula is C72H122O6. The Morgan fingerprint density at radius 3 is 0.782 bits per heavy atom. The average molecular weight is 1080 g/mol. The third-order valence-corrected chi connectivity index (χ3v) is 14.0. The Hall–Kier alpha value is -3.93. The maximum Gasteiger partial charge on any atom is 0.306 e. The van der Waals surface area contributed by atoms with Crippen molar-refractivity contribution in [1.82, 2.24) is 0 Å². The minimum atomic E-state index is -0.784. The van der Waals surface area contributed by atoms with E-state index >= 15 is 0 Å². The minimum absolute atomic E-state index is 0.0794. The van der Waals surface area contributed by atoms with Gasteiger partial charge in [-0.2, -0.15) is 0 Å². The van der Waals surface area contributed by atoms with Crippen molar-refractivity contribution in [3.63, 3.8) is 0 Å². The van der Waals surface area contributed by atoms with E-state index in [1.54, 1.807) is 0 Å². The first kappa shape index (κ1) is 74.1. The SMILES string of the molecule is CC/C=C\C/C=C\C/C=C\C/C=C\C/C=C\CCCCCCCCCCCC(=O)OCC(COC(=O)CCCCCCCCCCCCCC)OC(=O)CCCCCCCCCCCC/C=C\C/C=C\C/C=C\C/C=C\CC. The zero-order valence-corrected chi connectivity index (χ0v) is 51.2. The van der Waals surface area contributed by atoms with Crippen molar-refractivity contribution in [1.29, 1.82) is 0 Å². The third kappa shape index (κ3) is 62.9. The van der Waals surface area contributed by atoms with Crippen molar-refractivity contribution >= 4 is 17.9 Å². The normalized spacial score (nSPS) is 12.8. The molecule has 0 aliphatic heterocycles. The molecule has 446 valence electrons. The summed E-state index contributed by atoms with van der Waals surface area (Å²) in [7, 11) is 0. The topological polar surface area (TPSA) is 78.9 Å². The molecule has 0 aromatic heterocycles. The number of allylic oxidation sites excluding steroid dienone is 18. The monoisotopic (exact) mass is 1080 g/mol. The van der Waals surface area contributed by atoms with Gasteiger partial charge in [-0.25, -0.2) is 0 Å². The number of rotatable bonds is 59. The van der Waals surface area contributed by atoms with Crippen molar-refractivity contribution in [3.05, 3.63) is 109 Å². The second-order valence-electron chi connectivity index (χ2n) is 21.6. The summed E-state index contributed by atoms with van der Waals surface area (Å²) in [6.45, 7) is 6.43. The van der Waals surface area contributed by atoms with Gasteiger partial charge in [0.2, 0.25) is 0 Å². The summed E-state index contributed by atoms with van der Waals surface area (Å²) in [6.07, 6.45) is 89.5. The van der Waals surface area contributed by atoms with Crippen LogP contribution in [0.5, 0.6) is 0 Å². The number of unbranched alkanes of at least 4 members (excludes halogenated alkanes) is 30. The molecule has 0 amide bonds. The van der Waals surface area contributed by atoms with Gasteiger partial charge in [0.25, 0.3) is 0 Å². The van der Waals surface area contributed by atoms with Gasteiger partial charge in [-0.15, -0.1) is 0 Å². The zero-order valence-electron chi connectivity index (χ0n) is 51.2. The predicted octanol–water partition coefficient (Wildman–Crippen LogP) is 22.6. The van der Waals surface area contributed by atoms with Gasteiger partial charge in [-0.3, -0.25) is 14.4 Å². The lowest BCUT2D eigenvalue weighted by Gasteiger charge is -2.18. The highest BCUT2D eigenvalue weighted by Crippen LogP contribution is 2.16. The van der Waals surface area contributed by atoms with Crippen LogP contribution >= 0.6 is 0 Å². The molecule has 0 aliphatic carbocycles. The molecule has 0 saturated heterocycles. The maximum atomic E-state index is 12.9. The summed E-state index contributed by atoms with van der Waals surface area (Å²) in [5.74, 6) is -0.880. The van der Waals surface area contributed by atoms with Crippen LogP contribution in [-0.4, -0.2) is 37.2 Å². The Labute approximate surface area is 482 Å². The standard InChI is InChI=1S/C72H122O6/c1-4-7-10-13-16-19-22-25-27-29-31-33-35-36-38-39-41-43-45-47-50-53-56-59-62-65-71(74)77-68-69(67-76-70(73)64-61-58-55-52-49-24-21-18-15-12-9-6-3)78-72(75)66-63-60-57-54-51-48-46-44-42-40-37-34-32-30-28-26-23-20-17-14-11-8-5-2/h7-8,10-11,16-17,19-20,25-28,31-34,36,38,69H,4-6,9,12-15,18,21-24,29-30,35,37,39-68H2,1-3H3/b10-7-,11-8-,19-16-,20-17-,27-25-,28-26-,33-31-,34-32-,38-36-. The summed E-state index contributed by atoms with van der Waals surface area (Å²) >= 11 is 0. The number of hydrogen-bond donors (Lipinski definition) is 0. The molecule has 1 unspecified atom stereocenters. The summed E-state index contributed by atoms with van der Waals surface area (Å²) in [5.41, 5.74) is 0. The second-order valence-corrected chi connectivity index (χ2v) is 21.6. The van der Waals surface area contributed by atoms with Crippen LogP contribution in [0.25, 0.3) is 0 Å². The average Bonchev–Trinajstić information content (AvgIpc) is 3.44. The Balaban J connectivity index is 4.32. The van der Waals surface area contributed by atoms with Crippen molar-refractivity contribution in [3.8, 4) is 0 Å². The van der Waals surface area contributed by atoms with Crippen LogP contribution in [0.15, 0.2) is 109 Å². The zero-order chi connectivity index (χ0) is 56.4. The molecule has 6 nitrogen and oxygen atoms in total. The first-order valence-electron chi connectivity index (χ1n) is 32.9. The molecule has 0 spiro atoms. The molecular weight excluding hydrogens is 961 g/mol. The number of ether oxygens (including phenoxy) is 3. The molecule has 0 aliphatic rings. The van der Waals surface area contributed by atoms with E-state index in [0.29, 0.717) is 19.3 Å². The Morgan fingerprint density at radius 2 is 0.500 bits per heavy atom. The largest absolute Gasteiger partial charge is 0.462 e. The van der Waals surface area contributed by atoms with Crippen molar-refractivity contribution in [2.24, 2.45) is 0 Å². The molecule has 0 fully saturated rings. The van der Waals surface area contributed by atoms with E-state index in [0.717, 1.165) is 122 Å². The van der Waals surface area contributed by atoms with E-state index in [1.165, 1.54) is 148 Å². The van der Waals surface area contributed by atoms with Gasteiger partial charge in [-0.1, -0.05) is 297 Å². The lowest BCUT2D eigenvalue weighted by molar-refractivity contribution is -0.167. The fourth-order valence-electron chi connectivity index (χ4n) is 9.17. The van der Waals surface area contributed by atoms with Gasteiger partial charge >= 0.3 is 17.9 Å². The molecule has 0 bridgehead atoms. The Bertz CT molecular complexity index is 1570. The first-order chi connectivity index (χ1) is 38.5. The Morgan fingerprint density at radius 1 is 0.269 bits per heavy atom. The van der Waals surface area contributed by atoms with Crippen molar-refractivity contribution < 1.29 is 28.6 Å². The van der Waals surface area contributed by atoms with Crippen LogP contribution in [0.4, 0.5) is 0 Å². The number of hydrogen-bond acceptors (Lipinski definition) is 6. The molecule has 0 rings (SSSR count). The van der Waals surface area contributed by atoms with Gasteiger partial charge in [0.05, 0.1) is 0 Å². The summed E-state index contributed by atoms with van der Waals surface area (Å²) < 4.78 is 16.9. The van der Waals surface area contributed by atoms with E-state index in [1.807, 2.05) is 0 Å². The van der Waals surface area contributed by atoms with E-state index in [9.17, 15) is 14.4 Å². The van der Waals surface area contributed by atoms with Gasteiger partial charge < -0.3 is 14.2 Å². The van der Waals surface area contributed by atoms with Gasteiger partial charge in [0, 0.05) is 19.3 Å². The highest BCUT2D eigenvalue weighted by Gasteiger charge is 2.19. The van der Waals surface area contributed by atoms with E-state index in [2.05, 4.69) is 130 Å². The molecule has 0 N–H and O–H groups in total. The lowest BCUT2D eigenvalue weighted by atomic mass is 10.0. The van der Waals surface area contributed by atoms with Crippen molar-refractivity contribution in [2.45, 2.75) is 316 Å². The molecule has 0 heterocycles. The second kappa shape index (κ2) is 65.6. The highest BCUT2D eigenvalue weighted by atomic mass is 16.6. The number of esters is 3. The molecule has 0 saturated carbocycles. The number of carbonyl (C=O) groups excluding carboxylic acids is 3. The summed E-state index contributed by atoms with van der Waals surface area (Å²) in [4.78, 5) is 38.3. The van der Waals surface area contributed by atoms with Crippen LogP contribution in [0, 0.1) is 0 Å². The molecule has 78 heavy (non-hydrogen) atoms. The quantitative estimate of drug-likeness (QED) is 0.0261. The van der Waals surface area contributed by atoms with Crippen molar-refractivity contribution in [2.75, 3.05) is 13.2 Å². The minimum Gasteiger partial charge on any atom is -0.462 e. The van der Waals surface area contributed by atoms with Crippen LogP contribution in [-0.2, 0) is 28.6 Å². The third-order valence-electron chi connectivity index (χ3n) is 14.0.